The van der Waals surface area contributed by atoms with Gasteiger partial charge >= 0.3 is 0 Å². The third-order valence-electron chi connectivity index (χ3n) is 3.62. The molecule has 0 aliphatic carbocycles. The minimum Gasteiger partial charge on any atom is -0.354 e. The van der Waals surface area contributed by atoms with Crippen molar-refractivity contribution in [2.45, 2.75) is 13.0 Å². The predicted octanol–water partition coefficient (Wildman–Crippen LogP) is 2.36. The number of halogens is 1. The molecule has 2 rings (SSSR count). The van der Waals surface area contributed by atoms with Crippen LogP contribution in [-0.2, 0) is 17.8 Å². The summed E-state index contributed by atoms with van der Waals surface area (Å²) < 4.78 is 0. The van der Waals surface area contributed by atoms with Crippen LogP contribution < -0.4 is 16.0 Å². The van der Waals surface area contributed by atoms with Crippen molar-refractivity contribution in [3.63, 3.8) is 0 Å². The van der Waals surface area contributed by atoms with Crippen molar-refractivity contribution >= 4 is 23.5 Å². The normalized spacial score (nSPS) is 11.0. The van der Waals surface area contributed by atoms with E-state index in [2.05, 4.69) is 20.9 Å². The Morgan fingerprint density at radius 1 is 1.00 bits per heavy atom. The third kappa shape index (κ3) is 6.85. The number of carbonyl (C=O) groups excluding carboxylic acids is 1. The summed E-state index contributed by atoms with van der Waals surface area (Å²) >= 11 is 6.12. The lowest BCUT2D eigenvalue weighted by Crippen LogP contribution is -2.43. The number of nitrogens with zero attached hydrogens (tertiary/aromatic N) is 1. The van der Waals surface area contributed by atoms with Crippen molar-refractivity contribution in [1.82, 2.24) is 16.0 Å². The Balaban J connectivity index is 1.67. The van der Waals surface area contributed by atoms with Crippen LogP contribution in [0.15, 0.2) is 59.6 Å². The van der Waals surface area contributed by atoms with Crippen LogP contribution >= 0.6 is 11.6 Å². The summed E-state index contributed by atoms with van der Waals surface area (Å²) in [6.45, 7) is 1.31. The first kappa shape index (κ1) is 18.8. The van der Waals surface area contributed by atoms with Gasteiger partial charge in [-0.25, -0.2) is 0 Å². The van der Waals surface area contributed by atoms with Crippen LogP contribution in [0.3, 0.4) is 0 Å². The maximum absolute atomic E-state index is 11.9. The van der Waals surface area contributed by atoms with Gasteiger partial charge in [0.25, 0.3) is 0 Å². The summed E-state index contributed by atoms with van der Waals surface area (Å²) in [6.07, 6.45) is 0.812. The van der Waals surface area contributed by atoms with Crippen LogP contribution in [0.2, 0.25) is 5.02 Å². The fourth-order valence-electron chi connectivity index (χ4n) is 2.26. The van der Waals surface area contributed by atoms with Crippen molar-refractivity contribution < 1.29 is 4.79 Å². The monoisotopic (exact) mass is 358 g/mol. The van der Waals surface area contributed by atoms with E-state index in [1.165, 1.54) is 5.56 Å². The molecule has 6 heteroatoms. The van der Waals surface area contributed by atoms with Crippen LogP contribution in [0, 0.1) is 0 Å². The first-order valence-corrected chi connectivity index (χ1v) is 8.55. The Bertz CT molecular complexity index is 704. The minimum absolute atomic E-state index is 0.0726. The summed E-state index contributed by atoms with van der Waals surface area (Å²) in [7, 11) is 1.66. The van der Waals surface area contributed by atoms with Crippen molar-refractivity contribution in [3.8, 4) is 0 Å². The van der Waals surface area contributed by atoms with Crippen LogP contribution in [-0.4, -0.2) is 32.0 Å². The molecule has 2 aromatic rings. The topological polar surface area (TPSA) is 65.5 Å². The molecule has 25 heavy (non-hydrogen) atoms. The number of guanidine groups is 1. The van der Waals surface area contributed by atoms with Gasteiger partial charge in [-0.2, -0.15) is 0 Å². The first-order chi connectivity index (χ1) is 12.2. The zero-order chi connectivity index (χ0) is 17.9. The number of benzene rings is 2. The molecule has 0 saturated carbocycles. The second kappa shape index (κ2) is 10.4. The SMILES string of the molecule is CN=C(NCC(=O)NCCc1ccccc1)NCc1ccccc1Cl. The Kier molecular flexibility index (Phi) is 7.79. The molecule has 2 aromatic carbocycles. The molecule has 0 bridgehead atoms. The van der Waals surface area contributed by atoms with Gasteiger partial charge in [-0.15, -0.1) is 0 Å². The van der Waals surface area contributed by atoms with Crippen molar-refractivity contribution in [1.29, 1.82) is 0 Å². The number of nitrogens with one attached hydrogen (secondary N) is 3. The van der Waals surface area contributed by atoms with Gasteiger partial charge in [-0.1, -0.05) is 60.1 Å². The lowest BCUT2D eigenvalue weighted by molar-refractivity contribution is -0.119. The summed E-state index contributed by atoms with van der Waals surface area (Å²) in [4.78, 5) is 16.0. The molecule has 0 saturated heterocycles. The maximum Gasteiger partial charge on any atom is 0.239 e. The molecule has 0 spiro atoms. The number of hydrogen-bond donors (Lipinski definition) is 3. The highest BCUT2D eigenvalue weighted by Crippen LogP contribution is 2.14. The fraction of sp³-hybridized carbons (Fsp3) is 0.263. The number of rotatable bonds is 7. The van der Waals surface area contributed by atoms with E-state index in [-0.39, 0.29) is 12.5 Å². The average molecular weight is 359 g/mol. The molecule has 0 fully saturated rings. The molecule has 0 heterocycles. The lowest BCUT2D eigenvalue weighted by atomic mass is 10.1. The van der Waals surface area contributed by atoms with Crippen LogP contribution in [0.25, 0.3) is 0 Å². The van der Waals surface area contributed by atoms with Crippen molar-refractivity contribution in [2.75, 3.05) is 20.1 Å². The zero-order valence-corrected chi connectivity index (χ0v) is 15.0. The number of aliphatic imine (C=N–C) groups is 1. The van der Waals surface area contributed by atoms with Gasteiger partial charge in [0.2, 0.25) is 5.91 Å². The fourth-order valence-corrected chi connectivity index (χ4v) is 2.46. The Morgan fingerprint density at radius 2 is 1.72 bits per heavy atom. The summed E-state index contributed by atoms with van der Waals surface area (Å²) in [5.41, 5.74) is 2.17. The maximum atomic E-state index is 11.9. The highest BCUT2D eigenvalue weighted by molar-refractivity contribution is 6.31. The van der Waals surface area contributed by atoms with Crippen LogP contribution in [0.5, 0.6) is 0 Å². The van der Waals surface area contributed by atoms with Gasteiger partial charge < -0.3 is 16.0 Å². The van der Waals surface area contributed by atoms with Gasteiger partial charge in [0.15, 0.2) is 5.96 Å². The average Bonchev–Trinajstić information content (AvgIpc) is 2.64. The van der Waals surface area contributed by atoms with E-state index in [4.69, 9.17) is 11.6 Å². The van der Waals surface area contributed by atoms with E-state index < -0.39 is 0 Å². The van der Waals surface area contributed by atoms with Crippen LogP contribution in [0.1, 0.15) is 11.1 Å². The first-order valence-electron chi connectivity index (χ1n) is 8.17. The highest BCUT2D eigenvalue weighted by atomic mass is 35.5. The predicted molar refractivity (Wildman–Crippen MR) is 103 cm³/mol. The largest absolute Gasteiger partial charge is 0.354 e. The van der Waals surface area contributed by atoms with Gasteiger partial charge in [-0.3, -0.25) is 9.79 Å². The highest BCUT2D eigenvalue weighted by Gasteiger charge is 2.04. The van der Waals surface area contributed by atoms with Gasteiger partial charge in [0, 0.05) is 25.2 Å². The third-order valence-corrected chi connectivity index (χ3v) is 3.99. The van der Waals surface area contributed by atoms with E-state index in [1.54, 1.807) is 7.05 Å². The summed E-state index contributed by atoms with van der Waals surface area (Å²) in [6, 6.07) is 17.7. The standard InChI is InChI=1S/C19H23ClN4O/c1-21-19(23-13-16-9-5-6-10-17(16)20)24-14-18(25)22-12-11-15-7-3-2-4-8-15/h2-10H,11-14H2,1H3,(H,22,25)(H2,21,23,24). The Labute approximate surface area is 153 Å². The molecule has 0 aliphatic heterocycles. The van der Waals surface area contributed by atoms with E-state index in [0.717, 1.165) is 12.0 Å². The molecule has 5 nitrogen and oxygen atoms in total. The van der Waals surface area contributed by atoms with Crippen LogP contribution in [0.4, 0.5) is 0 Å². The van der Waals surface area contributed by atoms with E-state index in [9.17, 15) is 4.79 Å². The molecule has 0 aromatic heterocycles. The van der Waals surface area contributed by atoms with E-state index in [1.807, 2.05) is 54.6 Å². The molecule has 1 amide bonds. The van der Waals surface area contributed by atoms with E-state index >= 15 is 0 Å². The molecular weight excluding hydrogens is 336 g/mol. The van der Waals surface area contributed by atoms with Gasteiger partial charge in [-0.05, 0) is 23.6 Å². The molecule has 3 N–H and O–H groups in total. The van der Waals surface area contributed by atoms with Gasteiger partial charge in [0.1, 0.15) is 0 Å². The quantitative estimate of drug-likeness (QED) is 0.526. The number of carbonyl (C=O) groups is 1. The molecule has 0 radical (unpaired) electrons. The van der Waals surface area contributed by atoms with Crippen molar-refractivity contribution in [2.24, 2.45) is 4.99 Å². The van der Waals surface area contributed by atoms with Gasteiger partial charge in [0.05, 0.1) is 6.54 Å². The zero-order valence-electron chi connectivity index (χ0n) is 14.3. The Hall–Kier alpha value is -2.53. The minimum atomic E-state index is -0.0726. The smallest absolute Gasteiger partial charge is 0.239 e. The Morgan fingerprint density at radius 3 is 2.44 bits per heavy atom. The lowest BCUT2D eigenvalue weighted by Gasteiger charge is -2.12. The number of hydrogen-bond acceptors (Lipinski definition) is 2. The summed E-state index contributed by atoms with van der Waals surface area (Å²) in [5, 5.41) is 9.72. The van der Waals surface area contributed by atoms with Crippen molar-refractivity contribution in [3.05, 3.63) is 70.7 Å². The molecule has 0 unspecified atom stereocenters. The molecule has 0 atom stereocenters. The van der Waals surface area contributed by atoms with E-state index in [0.29, 0.717) is 24.1 Å². The number of amides is 1. The molecular formula is C19H23ClN4O. The molecule has 0 aliphatic rings. The second-order valence-electron chi connectivity index (χ2n) is 5.46. The summed E-state index contributed by atoms with van der Waals surface area (Å²) in [5.74, 6) is 0.481. The second-order valence-corrected chi connectivity index (χ2v) is 5.86. The molecule has 132 valence electrons.